The minimum atomic E-state index is -1.81. The summed E-state index contributed by atoms with van der Waals surface area (Å²) < 4.78 is 15.2. The average Bonchev–Trinajstić information content (AvgIpc) is 2.47. The van der Waals surface area contributed by atoms with Gasteiger partial charge in [-0.3, -0.25) is 0 Å². The number of phenols is 1. The van der Waals surface area contributed by atoms with E-state index in [1.807, 2.05) is 0 Å². The van der Waals surface area contributed by atoms with E-state index < -0.39 is 36.7 Å². The number of para-hydroxylation sites is 1. The minimum absolute atomic E-state index is 0.0284. The highest BCUT2D eigenvalue weighted by Crippen LogP contribution is 2.37. The fraction of sp³-hybridized carbons (Fsp3) is 0.462. The van der Waals surface area contributed by atoms with E-state index in [4.69, 9.17) is 19.3 Å². The molecule has 1 fully saturated rings. The lowest BCUT2D eigenvalue weighted by Gasteiger charge is -2.38. The maximum absolute atomic E-state index is 11.0. The maximum atomic E-state index is 11.0. The highest BCUT2D eigenvalue weighted by molar-refractivity contribution is 5.73. The largest absolute Gasteiger partial charge is 0.504 e. The molecule has 9 heteroatoms. The van der Waals surface area contributed by atoms with Gasteiger partial charge in [0.25, 0.3) is 0 Å². The van der Waals surface area contributed by atoms with E-state index in [9.17, 15) is 25.2 Å². The molecule has 2 rings (SSSR count). The Morgan fingerprint density at radius 3 is 2.45 bits per heavy atom. The van der Waals surface area contributed by atoms with Crippen molar-refractivity contribution in [1.82, 2.24) is 0 Å². The van der Waals surface area contributed by atoms with Crippen molar-refractivity contribution in [2.75, 3.05) is 7.11 Å². The van der Waals surface area contributed by atoms with Crippen LogP contribution in [0.1, 0.15) is 0 Å². The Morgan fingerprint density at radius 1 is 1.18 bits per heavy atom. The molecule has 0 saturated carbocycles. The second kappa shape index (κ2) is 6.36. The van der Waals surface area contributed by atoms with Crippen LogP contribution in [0.15, 0.2) is 18.2 Å². The molecule has 0 unspecified atom stereocenters. The van der Waals surface area contributed by atoms with Crippen molar-refractivity contribution in [3.8, 4) is 17.2 Å². The number of methoxy groups -OCH3 is 1. The minimum Gasteiger partial charge on any atom is -0.504 e. The third kappa shape index (κ3) is 2.92. The van der Waals surface area contributed by atoms with E-state index in [1.54, 1.807) is 0 Å². The number of aliphatic hydroxyl groups excluding tert-OH is 3. The first-order valence-corrected chi connectivity index (χ1v) is 6.32. The lowest BCUT2D eigenvalue weighted by Crippen LogP contribution is -2.61. The van der Waals surface area contributed by atoms with Crippen LogP contribution in [0, 0.1) is 0 Å². The Kier molecular flexibility index (Phi) is 4.71. The number of carbonyl (C=O) groups is 1. The zero-order chi connectivity index (χ0) is 16.4. The molecule has 1 heterocycles. The molecule has 0 aliphatic carbocycles. The summed E-state index contributed by atoms with van der Waals surface area (Å²) in [5, 5.41) is 47.7. The van der Waals surface area contributed by atoms with Gasteiger partial charge in [0.2, 0.25) is 12.0 Å². The van der Waals surface area contributed by atoms with Gasteiger partial charge in [0.15, 0.2) is 17.6 Å². The zero-order valence-electron chi connectivity index (χ0n) is 11.5. The first kappa shape index (κ1) is 16.3. The summed E-state index contributed by atoms with van der Waals surface area (Å²) in [6.07, 6.45) is -8.62. The number of benzene rings is 1. The number of aliphatic carboxylic acids is 1. The van der Waals surface area contributed by atoms with Gasteiger partial charge in [0, 0.05) is 0 Å². The van der Waals surface area contributed by atoms with Gasteiger partial charge in [-0.25, -0.2) is 4.79 Å². The molecule has 5 atom stereocenters. The van der Waals surface area contributed by atoms with Gasteiger partial charge in [0.1, 0.15) is 18.3 Å². The van der Waals surface area contributed by atoms with Gasteiger partial charge < -0.3 is 39.7 Å². The van der Waals surface area contributed by atoms with E-state index in [0.29, 0.717) is 0 Å². The molecule has 122 valence electrons. The number of hydrogen-bond acceptors (Lipinski definition) is 8. The third-order valence-electron chi connectivity index (χ3n) is 3.22. The van der Waals surface area contributed by atoms with Crippen LogP contribution in [0.2, 0.25) is 0 Å². The smallest absolute Gasteiger partial charge is 0.335 e. The second-order valence-electron chi connectivity index (χ2n) is 4.66. The number of ether oxygens (including phenoxy) is 3. The van der Waals surface area contributed by atoms with Crippen LogP contribution >= 0.6 is 0 Å². The van der Waals surface area contributed by atoms with Crippen LogP contribution < -0.4 is 9.47 Å². The van der Waals surface area contributed by atoms with E-state index in [-0.39, 0.29) is 17.2 Å². The molecule has 22 heavy (non-hydrogen) atoms. The highest BCUT2D eigenvalue weighted by Gasteiger charge is 2.48. The molecule has 1 aliphatic rings. The molecular weight excluding hydrogens is 300 g/mol. The van der Waals surface area contributed by atoms with Crippen LogP contribution in [0.5, 0.6) is 17.2 Å². The molecule has 0 aromatic heterocycles. The normalized spacial score (nSPS) is 31.5. The van der Waals surface area contributed by atoms with Crippen molar-refractivity contribution >= 4 is 5.97 Å². The summed E-state index contributed by atoms with van der Waals surface area (Å²) >= 11 is 0. The fourth-order valence-corrected chi connectivity index (χ4v) is 2.08. The molecule has 1 aliphatic heterocycles. The number of aliphatic hydroxyl groups is 3. The van der Waals surface area contributed by atoms with Crippen molar-refractivity contribution in [3.63, 3.8) is 0 Å². The Labute approximate surface area is 124 Å². The Bertz CT molecular complexity index is 546. The average molecular weight is 316 g/mol. The fourth-order valence-electron chi connectivity index (χ4n) is 2.08. The lowest BCUT2D eigenvalue weighted by molar-refractivity contribution is -0.271. The maximum Gasteiger partial charge on any atom is 0.335 e. The molecule has 9 nitrogen and oxygen atoms in total. The van der Waals surface area contributed by atoms with Gasteiger partial charge in [0.05, 0.1) is 7.11 Å². The summed E-state index contributed by atoms with van der Waals surface area (Å²) in [4.78, 5) is 11.0. The zero-order valence-corrected chi connectivity index (χ0v) is 11.5. The Balaban J connectivity index is 2.25. The summed E-state index contributed by atoms with van der Waals surface area (Å²) in [7, 11) is 1.28. The van der Waals surface area contributed by atoms with E-state index in [1.165, 1.54) is 25.3 Å². The van der Waals surface area contributed by atoms with E-state index >= 15 is 0 Å². The monoisotopic (exact) mass is 316 g/mol. The topological polar surface area (TPSA) is 146 Å². The van der Waals surface area contributed by atoms with Crippen molar-refractivity contribution in [3.05, 3.63) is 18.2 Å². The van der Waals surface area contributed by atoms with Crippen LogP contribution in [0.25, 0.3) is 0 Å². The third-order valence-corrected chi connectivity index (χ3v) is 3.22. The van der Waals surface area contributed by atoms with Crippen molar-refractivity contribution in [2.45, 2.75) is 30.7 Å². The van der Waals surface area contributed by atoms with Gasteiger partial charge >= 0.3 is 5.97 Å². The van der Waals surface area contributed by atoms with Crippen molar-refractivity contribution in [1.29, 1.82) is 0 Å². The molecule has 0 amide bonds. The predicted molar refractivity (Wildman–Crippen MR) is 69.6 cm³/mol. The van der Waals surface area contributed by atoms with Crippen LogP contribution in [-0.2, 0) is 9.53 Å². The van der Waals surface area contributed by atoms with Gasteiger partial charge in [-0.05, 0) is 12.1 Å². The summed E-state index contributed by atoms with van der Waals surface area (Å²) in [6, 6.07) is 4.16. The van der Waals surface area contributed by atoms with Crippen molar-refractivity contribution in [2.24, 2.45) is 0 Å². The second-order valence-corrected chi connectivity index (χ2v) is 4.66. The van der Waals surface area contributed by atoms with Gasteiger partial charge in [-0.15, -0.1) is 0 Å². The standard InChI is InChI=1S/C13H16O9/c1-20-10-5(14)3-2-4-6(10)21-13-9(17)7(15)8(16)11(22-13)12(18)19/h2-4,7-9,11,13-17H,1H3,(H,18,19)/t7-,8-,9+,11-,13+/m0/s1. The van der Waals surface area contributed by atoms with Gasteiger partial charge in [-0.2, -0.15) is 0 Å². The number of carboxylic acid groups (broad SMARTS) is 1. The molecular formula is C13H16O9. The predicted octanol–water partition coefficient (Wildman–Crippen LogP) is -1.33. The first-order valence-electron chi connectivity index (χ1n) is 6.32. The SMILES string of the molecule is COc1c(O)cccc1O[C@@H]1O[C@H](C(=O)O)[C@@H](O)[C@H](O)[C@H]1O. The molecule has 0 bridgehead atoms. The molecule has 5 N–H and O–H groups in total. The van der Waals surface area contributed by atoms with Crippen molar-refractivity contribution < 1.29 is 44.5 Å². The first-order chi connectivity index (χ1) is 10.4. The van der Waals surface area contributed by atoms with E-state index in [2.05, 4.69) is 0 Å². The summed E-state index contributed by atoms with van der Waals surface area (Å²) in [5.41, 5.74) is 0. The van der Waals surface area contributed by atoms with Gasteiger partial charge in [-0.1, -0.05) is 6.07 Å². The lowest BCUT2D eigenvalue weighted by atomic mass is 9.99. The van der Waals surface area contributed by atoms with Crippen LogP contribution in [0.4, 0.5) is 0 Å². The molecule has 1 aromatic rings. The van der Waals surface area contributed by atoms with E-state index in [0.717, 1.165) is 0 Å². The molecule has 1 aromatic carbocycles. The quantitative estimate of drug-likeness (QED) is 0.456. The molecule has 0 radical (unpaired) electrons. The Morgan fingerprint density at radius 2 is 1.86 bits per heavy atom. The van der Waals surface area contributed by atoms with Crippen LogP contribution in [-0.4, -0.2) is 69.3 Å². The number of carboxylic acids is 1. The number of rotatable bonds is 4. The summed E-state index contributed by atoms with van der Waals surface area (Å²) in [6.45, 7) is 0. The molecule has 1 saturated heterocycles. The Hall–Kier alpha value is -2.07. The number of hydrogen-bond donors (Lipinski definition) is 5. The number of phenolic OH excluding ortho intramolecular Hbond substituents is 1. The highest BCUT2D eigenvalue weighted by atomic mass is 16.7. The van der Waals surface area contributed by atoms with Crippen LogP contribution in [0.3, 0.4) is 0 Å². The molecule has 0 spiro atoms. The number of aromatic hydroxyl groups is 1. The summed E-state index contributed by atoms with van der Waals surface area (Å²) in [5.74, 6) is -1.83.